The number of aromatic nitrogens is 1. The van der Waals surface area contributed by atoms with Crippen LogP contribution in [0.15, 0.2) is 35.1 Å². The number of piperazine rings is 1. The minimum absolute atomic E-state index is 0.135. The van der Waals surface area contributed by atoms with E-state index >= 15 is 0 Å². The number of hydrogen-bond acceptors (Lipinski definition) is 4. The summed E-state index contributed by atoms with van der Waals surface area (Å²) in [5, 5.41) is 4.60. The van der Waals surface area contributed by atoms with Gasteiger partial charge in [-0.05, 0) is 30.5 Å². The SMILES string of the molecule is Cn1c(=O)c(CN2CCN([C@H]3CCNC3)CC2)cc2ccccc21. The molecule has 5 heteroatoms. The predicted molar refractivity (Wildman–Crippen MR) is 97.3 cm³/mol. The first-order valence-electron chi connectivity index (χ1n) is 8.97. The maximum absolute atomic E-state index is 12.6. The summed E-state index contributed by atoms with van der Waals surface area (Å²) >= 11 is 0. The standard InChI is InChI=1S/C19H26N4O/c1-21-18-5-3-2-4-15(18)12-16(19(21)24)14-22-8-10-23(11-9-22)17-6-7-20-13-17/h2-5,12,17,20H,6-11,13-14H2,1H3/t17-/m0/s1. The maximum Gasteiger partial charge on any atom is 0.255 e. The molecule has 2 saturated heterocycles. The summed E-state index contributed by atoms with van der Waals surface area (Å²) in [6.45, 7) is 7.36. The smallest absolute Gasteiger partial charge is 0.255 e. The van der Waals surface area contributed by atoms with Gasteiger partial charge >= 0.3 is 0 Å². The number of rotatable bonds is 3. The first-order valence-corrected chi connectivity index (χ1v) is 8.97. The Morgan fingerprint density at radius 1 is 1.17 bits per heavy atom. The number of nitrogens with zero attached hydrogens (tertiary/aromatic N) is 3. The van der Waals surface area contributed by atoms with Crippen molar-refractivity contribution in [1.29, 1.82) is 0 Å². The van der Waals surface area contributed by atoms with Crippen molar-refractivity contribution in [1.82, 2.24) is 19.7 Å². The third-order valence-electron chi connectivity index (χ3n) is 5.56. The summed E-state index contributed by atoms with van der Waals surface area (Å²) < 4.78 is 1.78. The highest BCUT2D eigenvalue weighted by Crippen LogP contribution is 2.16. The molecule has 2 aromatic rings. The number of fused-ring (bicyclic) bond motifs is 1. The lowest BCUT2D eigenvalue weighted by atomic mass is 10.1. The third kappa shape index (κ3) is 2.99. The fourth-order valence-electron chi connectivity index (χ4n) is 4.08. The van der Waals surface area contributed by atoms with Gasteiger partial charge in [-0.15, -0.1) is 0 Å². The zero-order valence-electron chi connectivity index (χ0n) is 14.4. The molecule has 2 aliphatic heterocycles. The van der Waals surface area contributed by atoms with E-state index in [4.69, 9.17) is 0 Å². The van der Waals surface area contributed by atoms with Crippen molar-refractivity contribution < 1.29 is 0 Å². The minimum Gasteiger partial charge on any atom is -0.315 e. The van der Waals surface area contributed by atoms with Gasteiger partial charge in [0.25, 0.3) is 5.56 Å². The second-order valence-electron chi connectivity index (χ2n) is 7.05. The number of benzene rings is 1. The second kappa shape index (κ2) is 6.67. The molecule has 0 bridgehead atoms. The zero-order valence-corrected chi connectivity index (χ0v) is 14.4. The van der Waals surface area contributed by atoms with Crippen LogP contribution in [0.2, 0.25) is 0 Å². The quantitative estimate of drug-likeness (QED) is 0.914. The molecule has 0 radical (unpaired) electrons. The van der Waals surface area contributed by atoms with Crippen LogP contribution < -0.4 is 10.9 Å². The van der Waals surface area contributed by atoms with E-state index in [1.165, 1.54) is 6.42 Å². The highest BCUT2D eigenvalue weighted by molar-refractivity contribution is 5.79. The summed E-state index contributed by atoms with van der Waals surface area (Å²) in [6.07, 6.45) is 1.27. The van der Waals surface area contributed by atoms with Crippen molar-refractivity contribution in [2.24, 2.45) is 7.05 Å². The highest BCUT2D eigenvalue weighted by Gasteiger charge is 2.26. The summed E-state index contributed by atoms with van der Waals surface area (Å²) in [4.78, 5) is 17.7. The molecule has 128 valence electrons. The fourth-order valence-corrected chi connectivity index (χ4v) is 4.08. The van der Waals surface area contributed by atoms with Crippen LogP contribution in [-0.4, -0.2) is 59.7 Å². The summed E-state index contributed by atoms with van der Waals surface area (Å²) in [5.41, 5.74) is 2.05. The Bertz CT molecular complexity index is 771. The number of para-hydroxylation sites is 1. The van der Waals surface area contributed by atoms with E-state index < -0.39 is 0 Å². The number of pyridine rings is 1. The van der Waals surface area contributed by atoms with Crippen molar-refractivity contribution in [3.8, 4) is 0 Å². The van der Waals surface area contributed by atoms with Crippen molar-refractivity contribution in [2.45, 2.75) is 19.0 Å². The van der Waals surface area contributed by atoms with Crippen LogP contribution in [0.25, 0.3) is 10.9 Å². The van der Waals surface area contributed by atoms with Gasteiger partial charge in [-0.1, -0.05) is 18.2 Å². The van der Waals surface area contributed by atoms with E-state index in [0.717, 1.165) is 62.3 Å². The average Bonchev–Trinajstić information content (AvgIpc) is 3.15. The minimum atomic E-state index is 0.135. The first-order chi connectivity index (χ1) is 11.7. The highest BCUT2D eigenvalue weighted by atomic mass is 16.1. The van der Waals surface area contributed by atoms with Crippen LogP contribution in [0.4, 0.5) is 0 Å². The molecule has 1 atom stereocenters. The van der Waals surface area contributed by atoms with Crippen molar-refractivity contribution in [2.75, 3.05) is 39.3 Å². The Kier molecular flexibility index (Phi) is 4.39. The molecule has 3 heterocycles. The Morgan fingerprint density at radius 2 is 1.96 bits per heavy atom. The molecule has 2 fully saturated rings. The predicted octanol–water partition coefficient (Wildman–Crippen LogP) is 1.02. The molecule has 1 aromatic heterocycles. The van der Waals surface area contributed by atoms with Gasteiger partial charge in [0.15, 0.2) is 0 Å². The molecule has 24 heavy (non-hydrogen) atoms. The molecule has 1 N–H and O–H groups in total. The Labute approximate surface area is 142 Å². The van der Waals surface area contributed by atoms with Gasteiger partial charge in [0.1, 0.15) is 0 Å². The Balaban J connectivity index is 1.47. The number of hydrogen-bond donors (Lipinski definition) is 1. The summed E-state index contributed by atoms with van der Waals surface area (Å²) in [5.74, 6) is 0. The Morgan fingerprint density at radius 3 is 2.71 bits per heavy atom. The van der Waals surface area contributed by atoms with E-state index in [0.29, 0.717) is 6.04 Å². The molecular formula is C19H26N4O. The van der Waals surface area contributed by atoms with Gasteiger partial charge in [-0.3, -0.25) is 14.6 Å². The van der Waals surface area contributed by atoms with Gasteiger partial charge in [0.05, 0.1) is 5.52 Å². The maximum atomic E-state index is 12.6. The lowest BCUT2D eigenvalue weighted by Gasteiger charge is -2.37. The van der Waals surface area contributed by atoms with Crippen LogP contribution in [0.5, 0.6) is 0 Å². The van der Waals surface area contributed by atoms with Gasteiger partial charge in [-0.2, -0.15) is 0 Å². The molecule has 5 nitrogen and oxygen atoms in total. The summed E-state index contributed by atoms with van der Waals surface area (Å²) in [7, 11) is 1.87. The molecule has 0 spiro atoms. The number of aryl methyl sites for hydroxylation is 1. The third-order valence-corrected chi connectivity index (χ3v) is 5.56. The van der Waals surface area contributed by atoms with Crippen LogP contribution in [0, 0.1) is 0 Å². The van der Waals surface area contributed by atoms with E-state index in [-0.39, 0.29) is 5.56 Å². The lowest BCUT2D eigenvalue weighted by Crippen LogP contribution is -2.50. The number of nitrogens with one attached hydrogen (secondary N) is 1. The van der Waals surface area contributed by atoms with E-state index in [2.05, 4.69) is 27.2 Å². The molecule has 0 unspecified atom stereocenters. The van der Waals surface area contributed by atoms with Crippen LogP contribution >= 0.6 is 0 Å². The summed E-state index contributed by atoms with van der Waals surface area (Å²) in [6, 6.07) is 10.9. The van der Waals surface area contributed by atoms with E-state index in [1.807, 2.05) is 25.2 Å². The second-order valence-corrected chi connectivity index (χ2v) is 7.05. The van der Waals surface area contributed by atoms with Crippen molar-refractivity contribution in [3.63, 3.8) is 0 Å². The Hall–Kier alpha value is -1.69. The molecule has 2 aliphatic rings. The van der Waals surface area contributed by atoms with Gasteiger partial charge in [-0.25, -0.2) is 0 Å². The van der Waals surface area contributed by atoms with Crippen LogP contribution in [-0.2, 0) is 13.6 Å². The van der Waals surface area contributed by atoms with E-state index in [9.17, 15) is 4.79 Å². The molecule has 0 saturated carbocycles. The molecule has 1 aromatic carbocycles. The van der Waals surface area contributed by atoms with Gasteiger partial charge < -0.3 is 9.88 Å². The molecule has 4 rings (SSSR count). The normalized spacial score (nSPS) is 23.1. The average molecular weight is 326 g/mol. The van der Waals surface area contributed by atoms with Crippen LogP contribution in [0.3, 0.4) is 0 Å². The fraction of sp³-hybridized carbons (Fsp3) is 0.526. The molecule has 0 aliphatic carbocycles. The van der Waals surface area contributed by atoms with Crippen molar-refractivity contribution in [3.05, 3.63) is 46.2 Å². The topological polar surface area (TPSA) is 40.5 Å². The van der Waals surface area contributed by atoms with Crippen LogP contribution in [0.1, 0.15) is 12.0 Å². The molecular weight excluding hydrogens is 300 g/mol. The van der Waals surface area contributed by atoms with Gasteiger partial charge in [0, 0.05) is 57.9 Å². The van der Waals surface area contributed by atoms with E-state index in [1.54, 1.807) is 4.57 Å². The largest absolute Gasteiger partial charge is 0.315 e. The lowest BCUT2D eigenvalue weighted by molar-refractivity contribution is 0.0978. The van der Waals surface area contributed by atoms with Gasteiger partial charge in [0.2, 0.25) is 0 Å². The zero-order chi connectivity index (χ0) is 16.5. The first kappa shape index (κ1) is 15.8. The van der Waals surface area contributed by atoms with Crippen molar-refractivity contribution >= 4 is 10.9 Å². The monoisotopic (exact) mass is 326 g/mol. The molecule has 0 amide bonds.